The Balaban J connectivity index is 1.69. The van der Waals surface area contributed by atoms with Crippen molar-refractivity contribution in [2.24, 2.45) is 0 Å². The maximum atomic E-state index is 13.2. The fraction of sp³-hybridized carbons (Fsp3) is 0.154. The third-order valence-electron chi connectivity index (χ3n) is 5.53. The van der Waals surface area contributed by atoms with Crippen molar-refractivity contribution in [2.45, 2.75) is 4.90 Å². The van der Waals surface area contributed by atoms with Gasteiger partial charge in [-0.1, -0.05) is 53.5 Å². The Hall–Kier alpha value is -3.55. The summed E-state index contributed by atoms with van der Waals surface area (Å²) in [4.78, 5) is 14.9. The molecule has 37 heavy (non-hydrogen) atoms. The van der Waals surface area contributed by atoms with Crippen LogP contribution in [-0.4, -0.2) is 40.6 Å². The third kappa shape index (κ3) is 6.61. The van der Waals surface area contributed by atoms with Gasteiger partial charge in [0.2, 0.25) is 0 Å². The van der Waals surface area contributed by atoms with Gasteiger partial charge in [0.1, 0.15) is 11.6 Å². The van der Waals surface area contributed by atoms with E-state index in [-0.39, 0.29) is 26.9 Å². The first kappa shape index (κ1) is 26.5. The lowest BCUT2D eigenvalue weighted by Crippen LogP contribution is -2.37. The highest BCUT2D eigenvalue weighted by Gasteiger charge is 2.23. The number of morpholine rings is 1. The van der Waals surface area contributed by atoms with E-state index in [9.17, 15) is 18.5 Å². The summed E-state index contributed by atoms with van der Waals surface area (Å²) in [6.07, 6.45) is 1.47. The third-order valence-corrected chi connectivity index (χ3v) is 7.45. The predicted molar refractivity (Wildman–Crippen MR) is 145 cm³/mol. The van der Waals surface area contributed by atoms with Crippen LogP contribution in [0.2, 0.25) is 10.0 Å². The zero-order valence-corrected chi connectivity index (χ0v) is 21.8. The first-order chi connectivity index (χ1) is 17.8. The largest absolute Gasteiger partial charge is 0.378 e. The number of benzene rings is 3. The van der Waals surface area contributed by atoms with E-state index in [1.54, 1.807) is 36.4 Å². The maximum absolute atomic E-state index is 13.2. The number of hydrogen-bond donors (Lipinski definition) is 2. The molecule has 2 N–H and O–H groups in total. The van der Waals surface area contributed by atoms with Crippen molar-refractivity contribution in [3.63, 3.8) is 0 Å². The summed E-state index contributed by atoms with van der Waals surface area (Å²) >= 11 is 12.1. The maximum Gasteiger partial charge on any atom is 0.266 e. The van der Waals surface area contributed by atoms with E-state index < -0.39 is 15.9 Å². The second-order valence-corrected chi connectivity index (χ2v) is 10.6. The fourth-order valence-corrected chi connectivity index (χ4v) is 5.19. The number of sulfonamides is 1. The summed E-state index contributed by atoms with van der Waals surface area (Å²) in [5, 5.41) is 12.8. The zero-order chi connectivity index (χ0) is 26.4. The second kappa shape index (κ2) is 11.7. The average molecular weight is 557 g/mol. The standard InChI is InChI=1S/C26H22Cl2N4O4S/c27-20-6-8-22(28)23(15-20)31-37(34,35)21-7-9-25(32-10-12-36-13-11-32)24(16-21)30-26(33)19(17-29)14-18-4-2-1-3-5-18/h1-9,14-16,31H,10-13H2,(H,30,33). The van der Waals surface area contributed by atoms with Crippen LogP contribution in [0.5, 0.6) is 0 Å². The highest BCUT2D eigenvalue weighted by atomic mass is 35.5. The molecule has 0 unspecified atom stereocenters. The number of nitriles is 1. The summed E-state index contributed by atoms with van der Waals surface area (Å²) in [5.74, 6) is -0.666. The highest BCUT2D eigenvalue weighted by Crippen LogP contribution is 2.32. The molecule has 0 spiro atoms. The highest BCUT2D eigenvalue weighted by molar-refractivity contribution is 7.92. The number of halogens is 2. The lowest BCUT2D eigenvalue weighted by molar-refractivity contribution is -0.112. The number of anilines is 3. The van der Waals surface area contributed by atoms with Crippen molar-refractivity contribution >= 4 is 62.3 Å². The quantitative estimate of drug-likeness (QED) is 0.306. The Labute approximate surface area is 225 Å². The summed E-state index contributed by atoms with van der Waals surface area (Å²) in [6.45, 7) is 2.08. The van der Waals surface area contributed by atoms with Gasteiger partial charge in [0.15, 0.2) is 0 Å². The van der Waals surface area contributed by atoms with Crippen LogP contribution in [-0.2, 0) is 19.6 Å². The number of nitrogens with one attached hydrogen (secondary N) is 2. The van der Waals surface area contributed by atoms with Crippen molar-refractivity contribution in [1.82, 2.24) is 0 Å². The molecular weight excluding hydrogens is 535 g/mol. The van der Waals surface area contributed by atoms with Crippen molar-refractivity contribution in [1.29, 1.82) is 5.26 Å². The van der Waals surface area contributed by atoms with Gasteiger partial charge in [0.25, 0.3) is 15.9 Å². The SMILES string of the molecule is N#CC(=Cc1ccccc1)C(=O)Nc1cc(S(=O)(=O)Nc2cc(Cl)ccc2Cl)ccc1N1CCOCC1. The van der Waals surface area contributed by atoms with Crippen LogP contribution in [0, 0.1) is 11.3 Å². The van der Waals surface area contributed by atoms with E-state index in [2.05, 4.69) is 10.0 Å². The Morgan fingerprint density at radius 2 is 1.73 bits per heavy atom. The fourth-order valence-electron chi connectivity index (χ4n) is 3.70. The normalized spacial score (nSPS) is 14.1. The molecule has 0 bridgehead atoms. The van der Waals surface area contributed by atoms with Gasteiger partial charge in [-0.3, -0.25) is 9.52 Å². The molecule has 1 saturated heterocycles. The minimum Gasteiger partial charge on any atom is -0.378 e. The summed E-state index contributed by atoms with van der Waals surface area (Å²) in [7, 11) is -4.10. The Morgan fingerprint density at radius 1 is 1.00 bits per heavy atom. The van der Waals surface area contributed by atoms with Crippen LogP contribution in [0.3, 0.4) is 0 Å². The van der Waals surface area contributed by atoms with Gasteiger partial charge in [0.05, 0.1) is 40.2 Å². The molecule has 1 aliphatic heterocycles. The first-order valence-corrected chi connectivity index (χ1v) is 13.4. The molecule has 3 aromatic rings. The minimum absolute atomic E-state index is 0.110. The van der Waals surface area contributed by atoms with E-state index in [0.29, 0.717) is 42.6 Å². The molecule has 0 radical (unpaired) electrons. The van der Waals surface area contributed by atoms with Crippen LogP contribution in [0.1, 0.15) is 5.56 Å². The van der Waals surface area contributed by atoms with Crippen molar-refractivity contribution in [3.05, 3.63) is 87.9 Å². The number of carbonyl (C=O) groups excluding carboxylic acids is 1. The molecule has 4 rings (SSSR count). The van der Waals surface area contributed by atoms with Gasteiger partial charge < -0.3 is 15.0 Å². The van der Waals surface area contributed by atoms with Crippen molar-refractivity contribution in [3.8, 4) is 6.07 Å². The van der Waals surface area contributed by atoms with Crippen LogP contribution in [0.15, 0.2) is 77.2 Å². The number of hydrogen-bond acceptors (Lipinski definition) is 6. The van der Waals surface area contributed by atoms with Crippen LogP contribution < -0.4 is 14.9 Å². The van der Waals surface area contributed by atoms with Gasteiger partial charge in [-0.05, 0) is 48.0 Å². The average Bonchev–Trinajstić information content (AvgIpc) is 2.90. The van der Waals surface area contributed by atoms with Crippen LogP contribution >= 0.6 is 23.2 Å². The summed E-state index contributed by atoms with van der Waals surface area (Å²) < 4.78 is 34.3. The lowest BCUT2D eigenvalue weighted by Gasteiger charge is -2.30. The molecule has 1 aliphatic rings. The molecule has 0 aromatic heterocycles. The van der Waals surface area contributed by atoms with E-state index in [1.807, 2.05) is 17.0 Å². The monoisotopic (exact) mass is 556 g/mol. The van der Waals surface area contributed by atoms with E-state index >= 15 is 0 Å². The zero-order valence-electron chi connectivity index (χ0n) is 19.4. The number of amides is 1. The van der Waals surface area contributed by atoms with E-state index in [0.717, 1.165) is 0 Å². The van der Waals surface area contributed by atoms with Crippen LogP contribution in [0.25, 0.3) is 6.08 Å². The molecule has 0 atom stereocenters. The number of nitrogens with zero attached hydrogens (tertiary/aromatic N) is 2. The molecule has 1 amide bonds. The molecule has 190 valence electrons. The minimum atomic E-state index is -4.10. The molecule has 0 saturated carbocycles. The van der Waals surface area contributed by atoms with Gasteiger partial charge >= 0.3 is 0 Å². The summed E-state index contributed by atoms with van der Waals surface area (Å²) in [5.41, 5.74) is 1.52. The van der Waals surface area contributed by atoms with Crippen molar-refractivity contribution in [2.75, 3.05) is 41.2 Å². The van der Waals surface area contributed by atoms with Gasteiger partial charge in [-0.2, -0.15) is 5.26 Å². The lowest BCUT2D eigenvalue weighted by atomic mass is 10.1. The molecule has 8 nitrogen and oxygen atoms in total. The first-order valence-electron chi connectivity index (χ1n) is 11.2. The molecule has 0 aliphatic carbocycles. The second-order valence-electron chi connectivity index (χ2n) is 8.04. The number of rotatable bonds is 7. The molecule has 11 heteroatoms. The Kier molecular flexibility index (Phi) is 8.36. The van der Waals surface area contributed by atoms with Crippen LogP contribution in [0.4, 0.5) is 17.1 Å². The molecule has 3 aromatic carbocycles. The van der Waals surface area contributed by atoms with E-state index in [1.165, 1.54) is 30.3 Å². The van der Waals surface area contributed by atoms with Gasteiger partial charge in [-0.25, -0.2) is 8.42 Å². The topological polar surface area (TPSA) is 112 Å². The summed E-state index contributed by atoms with van der Waals surface area (Å²) in [6, 6.07) is 19.7. The number of carbonyl (C=O) groups is 1. The Bertz CT molecular complexity index is 1480. The smallest absolute Gasteiger partial charge is 0.266 e. The molecule has 1 heterocycles. The number of ether oxygens (including phenoxy) is 1. The van der Waals surface area contributed by atoms with Gasteiger partial charge in [0, 0.05) is 18.1 Å². The Morgan fingerprint density at radius 3 is 2.43 bits per heavy atom. The van der Waals surface area contributed by atoms with Crippen molar-refractivity contribution < 1.29 is 17.9 Å². The molecular formula is C26H22Cl2N4O4S. The molecule has 1 fully saturated rings. The van der Waals surface area contributed by atoms with Gasteiger partial charge in [-0.15, -0.1) is 0 Å². The predicted octanol–water partition coefficient (Wildman–Crippen LogP) is 5.18. The van der Waals surface area contributed by atoms with E-state index in [4.69, 9.17) is 27.9 Å².